The Balaban J connectivity index is 3.16. The SMILES string of the molecule is [CH]=Cc1ccc(C)c(Cl)c1. The van der Waals surface area contributed by atoms with Gasteiger partial charge in [-0.15, -0.1) is 0 Å². The van der Waals surface area contributed by atoms with E-state index in [2.05, 4.69) is 0 Å². The van der Waals surface area contributed by atoms with Gasteiger partial charge in [-0.25, -0.2) is 0 Å². The van der Waals surface area contributed by atoms with E-state index in [1.165, 1.54) is 6.08 Å². The summed E-state index contributed by atoms with van der Waals surface area (Å²) in [7, 11) is 0. The van der Waals surface area contributed by atoms with Crippen molar-refractivity contribution in [1.82, 2.24) is 0 Å². The lowest BCUT2D eigenvalue weighted by atomic mass is 10.1. The summed E-state index contributed by atoms with van der Waals surface area (Å²) in [4.78, 5) is 0. The van der Waals surface area contributed by atoms with Crippen LogP contribution in [0.25, 0.3) is 6.08 Å². The number of hydrogen-bond donors (Lipinski definition) is 0. The van der Waals surface area contributed by atoms with Gasteiger partial charge in [-0.05, 0) is 24.1 Å². The molecule has 0 spiro atoms. The molecule has 1 aromatic carbocycles. The minimum atomic E-state index is 0.763. The van der Waals surface area contributed by atoms with Crippen molar-refractivity contribution in [3.8, 4) is 0 Å². The molecule has 10 heavy (non-hydrogen) atoms. The molecule has 0 aliphatic carbocycles. The van der Waals surface area contributed by atoms with Crippen molar-refractivity contribution < 1.29 is 0 Å². The Hall–Kier alpha value is -0.750. The third-order valence-corrected chi connectivity index (χ3v) is 1.80. The van der Waals surface area contributed by atoms with E-state index in [1.54, 1.807) is 0 Å². The van der Waals surface area contributed by atoms with Crippen LogP contribution in [0.4, 0.5) is 0 Å². The van der Waals surface area contributed by atoms with Crippen LogP contribution in [-0.4, -0.2) is 0 Å². The molecular weight excluding hydrogens is 144 g/mol. The molecule has 0 aromatic heterocycles. The number of halogens is 1. The summed E-state index contributed by atoms with van der Waals surface area (Å²) < 4.78 is 0. The monoisotopic (exact) mass is 151 g/mol. The van der Waals surface area contributed by atoms with Crippen LogP contribution < -0.4 is 0 Å². The summed E-state index contributed by atoms with van der Waals surface area (Å²) in [6.07, 6.45) is 1.53. The molecule has 0 saturated carbocycles. The predicted molar refractivity (Wildman–Crippen MR) is 45.0 cm³/mol. The molecular formula is C9H8Cl. The fourth-order valence-corrected chi connectivity index (χ4v) is 0.902. The maximum absolute atomic E-state index is 5.82. The summed E-state index contributed by atoms with van der Waals surface area (Å²) in [5.41, 5.74) is 2.03. The van der Waals surface area contributed by atoms with E-state index in [1.807, 2.05) is 25.1 Å². The van der Waals surface area contributed by atoms with Crippen LogP contribution in [0.15, 0.2) is 18.2 Å². The van der Waals surface area contributed by atoms with Crippen LogP contribution in [0.1, 0.15) is 11.1 Å². The Bertz CT molecular complexity index is 251. The second-order valence-corrected chi connectivity index (χ2v) is 2.58. The first-order valence-electron chi connectivity index (χ1n) is 3.05. The smallest absolute Gasteiger partial charge is 0.0441 e. The number of aryl methyl sites for hydroxylation is 1. The van der Waals surface area contributed by atoms with Gasteiger partial charge < -0.3 is 0 Å². The number of hydrogen-bond acceptors (Lipinski definition) is 0. The lowest BCUT2D eigenvalue weighted by molar-refractivity contribution is 1.46. The molecule has 0 saturated heterocycles. The van der Waals surface area contributed by atoms with Crippen molar-refractivity contribution in [2.75, 3.05) is 0 Å². The average Bonchev–Trinajstić information content (AvgIpc) is 1.95. The van der Waals surface area contributed by atoms with Gasteiger partial charge in [0.05, 0.1) is 0 Å². The maximum atomic E-state index is 5.82. The molecule has 0 atom stereocenters. The highest BCUT2D eigenvalue weighted by Crippen LogP contribution is 2.16. The van der Waals surface area contributed by atoms with Crippen molar-refractivity contribution in [2.45, 2.75) is 6.92 Å². The molecule has 0 aliphatic heterocycles. The van der Waals surface area contributed by atoms with Gasteiger partial charge in [-0.1, -0.05) is 36.4 Å². The lowest BCUT2D eigenvalue weighted by Crippen LogP contribution is -1.75. The zero-order valence-electron chi connectivity index (χ0n) is 5.76. The molecule has 0 aliphatic rings. The zero-order valence-corrected chi connectivity index (χ0v) is 6.52. The number of rotatable bonds is 1. The fraction of sp³-hybridized carbons (Fsp3) is 0.111. The minimum Gasteiger partial charge on any atom is -0.0840 e. The summed E-state index contributed by atoms with van der Waals surface area (Å²) in [6, 6.07) is 5.72. The standard InChI is InChI=1S/C9H8Cl/c1-3-8-5-4-7(2)9(10)6-8/h1,3-6H,2H3. The molecule has 51 valence electrons. The molecule has 0 heterocycles. The second kappa shape index (κ2) is 2.89. The highest BCUT2D eigenvalue weighted by molar-refractivity contribution is 6.31. The number of benzene rings is 1. The van der Waals surface area contributed by atoms with Crippen LogP contribution in [0.5, 0.6) is 0 Å². The average molecular weight is 152 g/mol. The van der Waals surface area contributed by atoms with E-state index in [4.69, 9.17) is 18.2 Å². The van der Waals surface area contributed by atoms with E-state index in [0.29, 0.717) is 0 Å². The third kappa shape index (κ3) is 1.39. The quantitative estimate of drug-likeness (QED) is 0.579. The van der Waals surface area contributed by atoms with Gasteiger partial charge in [0.15, 0.2) is 0 Å². The Morgan fingerprint density at radius 1 is 1.50 bits per heavy atom. The van der Waals surface area contributed by atoms with Gasteiger partial charge in [0, 0.05) is 5.02 Å². The molecule has 1 rings (SSSR count). The highest BCUT2D eigenvalue weighted by Gasteiger charge is 1.92. The van der Waals surface area contributed by atoms with Gasteiger partial charge in [0.1, 0.15) is 0 Å². The topological polar surface area (TPSA) is 0 Å². The molecule has 1 aromatic rings. The van der Waals surface area contributed by atoms with Gasteiger partial charge in [0.25, 0.3) is 0 Å². The Kier molecular flexibility index (Phi) is 2.13. The summed E-state index contributed by atoms with van der Waals surface area (Å²) in [6.45, 7) is 7.25. The summed E-state index contributed by atoms with van der Waals surface area (Å²) in [5.74, 6) is 0. The largest absolute Gasteiger partial charge is 0.0840 e. The van der Waals surface area contributed by atoms with Crippen molar-refractivity contribution >= 4 is 17.7 Å². The molecule has 1 radical (unpaired) electrons. The van der Waals surface area contributed by atoms with Crippen LogP contribution >= 0.6 is 11.6 Å². The van der Waals surface area contributed by atoms with Crippen LogP contribution in [0.3, 0.4) is 0 Å². The molecule has 0 nitrogen and oxygen atoms in total. The van der Waals surface area contributed by atoms with Gasteiger partial charge in [-0.2, -0.15) is 0 Å². The Morgan fingerprint density at radius 2 is 2.20 bits per heavy atom. The normalized spacial score (nSPS) is 9.40. The van der Waals surface area contributed by atoms with Crippen LogP contribution in [0, 0.1) is 13.5 Å². The first-order valence-corrected chi connectivity index (χ1v) is 3.43. The Morgan fingerprint density at radius 3 is 2.70 bits per heavy atom. The van der Waals surface area contributed by atoms with Gasteiger partial charge in [0.2, 0.25) is 0 Å². The first-order chi connectivity index (χ1) is 4.74. The van der Waals surface area contributed by atoms with Crippen molar-refractivity contribution in [3.63, 3.8) is 0 Å². The van der Waals surface area contributed by atoms with Crippen LogP contribution in [-0.2, 0) is 0 Å². The highest BCUT2D eigenvalue weighted by atomic mass is 35.5. The van der Waals surface area contributed by atoms with Crippen LogP contribution in [0.2, 0.25) is 5.02 Å². The van der Waals surface area contributed by atoms with Crippen molar-refractivity contribution in [1.29, 1.82) is 0 Å². The second-order valence-electron chi connectivity index (χ2n) is 2.18. The fourth-order valence-electron chi connectivity index (χ4n) is 0.713. The molecule has 0 fully saturated rings. The van der Waals surface area contributed by atoms with E-state index in [0.717, 1.165) is 16.1 Å². The lowest BCUT2D eigenvalue weighted by Gasteiger charge is -1.97. The molecule has 0 amide bonds. The van der Waals surface area contributed by atoms with Gasteiger partial charge >= 0.3 is 0 Å². The molecule has 0 bridgehead atoms. The van der Waals surface area contributed by atoms with Crippen molar-refractivity contribution in [2.24, 2.45) is 0 Å². The van der Waals surface area contributed by atoms with Gasteiger partial charge in [-0.3, -0.25) is 0 Å². The molecule has 0 N–H and O–H groups in total. The predicted octanol–water partition coefficient (Wildman–Crippen LogP) is 3.09. The summed E-state index contributed by atoms with van der Waals surface area (Å²) in [5, 5.41) is 0.763. The van der Waals surface area contributed by atoms with E-state index < -0.39 is 0 Å². The van der Waals surface area contributed by atoms with E-state index in [-0.39, 0.29) is 0 Å². The van der Waals surface area contributed by atoms with E-state index >= 15 is 0 Å². The minimum absolute atomic E-state index is 0.763. The maximum Gasteiger partial charge on any atom is 0.0441 e. The summed E-state index contributed by atoms with van der Waals surface area (Å²) >= 11 is 5.82. The third-order valence-electron chi connectivity index (χ3n) is 1.39. The Labute approximate surface area is 66.1 Å². The molecule has 0 unspecified atom stereocenters. The first kappa shape index (κ1) is 7.36. The zero-order chi connectivity index (χ0) is 7.56. The van der Waals surface area contributed by atoms with Crippen molar-refractivity contribution in [3.05, 3.63) is 40.9 Å². The van der Waals surface area contributed by atoms with E-state index in [9.17, 15) is 0 Å². The molecule has 1 heteroatoms.